The molecule has 2 aromatic rings. The SMILES string of the molecule is Cc1cc([C@H]2CCCCN2C(=O)OCc2ccccc2)c[nH]c1=S. The van der Waals surface area contributed by atoms with Crippen molar-refractivity contribution in [2.45, 2.75) is 38.8 Å². The van der Waals surface area contributed by atoms with Gasteiger partial charge in [-0.1, -0.05) is 42.5 Å². The standard InChI is InChI=1S/C19H22N2O2S/c1-14-11-16(12-20-18(14)24)17-9-5-6-10-21(17)19(22)23-13-15-7-3-2-4-8-15/h2-4,7-8,11-12,17H,5-6,9-10,13H2,1H3,(H,20,24)/t17-/m1/s1. The number of aromatic nitrogens is 1. The normalized spacial score (nSPS) is 17.5. The summed E-state index contributed by atoms with van der Waals surface area (Å²) in [5.41, 5.74) is 3.13. The van der Waals surface area contributed by atoms with Gasteiger partial charge in [-0.05, 0) is 48.9 Å². The summed E-state index contributed by atoms with van der Waals surface area (Å²) >= 11 is 5.23. The van der Waals surface area contributed by atoms with Crippen molar-refractivity contribution in [1.29, 1.82) is 0 Å². The summed E-state index contributed by atoms with van der Waals surface area (Å²) in [6, 6.07) is 11.9. The van der Waals surface area contributed by atoms with Crippen molar-refractivity contribution in [1.82, 2.24) is 9.88 Å². The number of ether oxygens (including phenoxy) is 1. The number of nitrogens with zero attached hydrogens (tertiary/aromatic N) is 1. The van der Waals surface area contributed by atoms with Gasteiger partial charge in [-0.2, -0.15) is 0 Å². The molecule has 0 unspecified atom stereocenters. The number of hydrogen-bond donors (Lipinski definition) is 1. The van der Waals surface area contributed by atoms with Crippen LogP contribution in [-0.4, -0.2) is 22.5 Å². The van der Waals surface area contributed by atoms with Gasteiger partial charge in [0, 0.05) is 12.7 Å². The zero-order chi connectivity index (χ0) is 16.9. The number of nitrogens with one attached hydrogen (secondary N) is 1. The molecule has 24 heavy (non-hydrogen) atoms. The van der Waals surface area contributed by atoms with Gasteiger partial charge >= 0.3 is 6.09 Å². The van der Waals surface area contributed by atoms with Crippen molar-refractivity contribution in [3.05, 3.63) is 63.9 Å². The second-order valence-corrected chi connectivity index (χ2v) is 6.60. The Bertz CT molecular complexity index is 757. The van der Waals surface area contributed by atoms with Gasteiger partial charge in [0.05, 0.1) is 6.04 Å². The summed E-state index contributed by atoms with van der Waals surface area (Å²) in [7, 11) is 0. The molecule has 0 bridgehead atoms. The number of aryl methyl sites for hydroxylation is 1. The van der Waals surface area contributed by atoms with Crippen molar-refractivity contribution >= 4 is 18.3 Å². The van der Waals surface area contributed by atoms with Crippen LogP contribution >= 0.6 is 12.2 Å². The number of carbonyl (C=O) groups is 1. The highest BCUT2D eigenvalue weighted by Gasteiger charge is 2.29. The van der Waals surface area contributed by atoms with E-state index in [2.05, 4.69) is 11.1 Å². The summed E-state index contributed by atoms with van der Waals surface area (Å²) < 4.78 is 6.27. The second-order valence-electron chi connectivity index (χ2n) is 6.19. The highest BCUT2D eigenvalue weighted by Crippen LogP contribution is 2.31. The molecule has 1 atom stereocenters. The van der Waals surface area contributed by atoms with E-state index in [0.29, 0.717) is 6.61 Å². The van der Waals surface area contributed by atoms with Crippen LogP contribution in [0.25, 0.3) is 0 Å². The van der Waals surface area contributed by atoms with Crippen LogP contribution in [0.5, 0.6) is 0 Å². The largest absolute Gasteiger partial charge is 0.445 e. The van der Waals surface area contributed by atoms with E-state index < -0.39 is 0 Å². The van der Waals surface area contributed by atoms with Gasteiger partial charge in [0.2, 0.25) is 0 Å². The first-order valence-electron chi connectivity index (χ1n) is 8.31. The first kappa shape index (κ1) is 16.7. The fourth-order valence-electron chi connectivity index (χ4n) is 3.11. The molecule has 1 saturated heterocycles. The Kier molecular flexibility index (Phi) is 5.30. The van der Waals surface area contributed by atoms with Gasteiger partial charge in [0.25, 0.3) is 0 Å². The molecule has 0 spiro atoms. The zero-order valence-corrected chi connectivity index (χ0v) is 14.6. The van der Waals surface area contributed by atoms with E-state index >= 15 is 0 Å². The van der Waals surface area contributed by atoms with Crippen LogP contribution in [0, 0.1) is 11.6 Å². The number of carbonyl (C=O) groups excluding carboxylic acids is 1. The summed E-state index contributed by atoms with van der Waals surface area (Å²) in [5.74, 6) is 0. The fraction of sp³-hybridized carbons (Fsp3) is 0.368. The summed E-state index contributed by atoms with van der Waals surface area (Å²) in [5, 5.41) is 0. The molecule has 1 N–H and O–H groups in total. The van der Waals surface area contributed by atoms with Crippen LogP contribution in [0.1, 0.15) is 42.0 Å². The maximum absolute atomic E-state index is 12.6. The minimum Gasteiger partial charge on any atom is -0.445 e. The topological polar surface area (TPSA) is 45.3 Å². The minimum absolute atomic E-state index is 0.0487. The van der Waals surface area contributed by atoms with E-state index in [1.54, 1.807) is 0 Å². The van der Waals surface area contributed by atoms with Gasteiger partial charge in [0.15, 0.2) is 0 Å². The molecule has 1 aliphatic rings. The quantitative estimate of drug-likeness (QED) is 0.806. The predicted molar refractivity (Wildman–Crippen MR) is 96.3 cm³/mol. The molecule has 0 aliphatic carbocycles. The number of benzene rings is 1. The van der Waals surface area contributed by atoms with Crippen molar-refractivity contribution in [2.75, 3.05) is 6.54 Å². The molecular formula is C19H22N2O2S. The zero-order valence-electron chi connectivity index (χ0n) is 13.8. The number of pyridine rings is 1. The lowest BCUT2D eigenvalue weighted by atomic mass is 9.96. The number of aromatic amines is 1. The first-order chi connectivity index (χ1) is 11.6. The van der Waals surface area contributed by atoms with E-state index in [1.807, 2.05) is 48.4 Å². The molecule has 1 aromatic carbocycles. The third-order valence-electron chi connectivity index (χ3n) is 4.44. The molecule has 3 rings (SSSR count). The molecule has 1 aromatic heterocycles. The maximum atomic E-state index is 12.6. The summed E-state index contributed by atoms with van der Waals surface area (Å²) in [6.45, 7) is 3.02. The molecule has 1 fully saturated rings. The third kappa shape index (κ3) is 3.85. The third-order valence-corrected chi connectivity index (χ3v) is 4.88. The Morgan fingerprint density at radius 2 is 2.12 bits per heavy atom. The lowest BCUT2D eigenvalue weighted by Gasteiger charge is -2.35. The average Bonchev–Trinajstić information content (AvgIpc) is 2.63. The molecule has 0 saturated carbocycles. The summed E-state index contributed by atoms with van der Waals surface area (Å²) in [4.78, 5) is 17.5. The Hall–Kier alpha value is -2.14. The fourth-order valence-corrected chi connectivity index (χ4v) is 3.23. The highest BCUT2D eigenvalue weighted by atomic mass is 32.1. The van der Waals surface area contributed by atoms with Crippen molar-refractivity contribution in [3.63, 3.8) is 0 Å². The number of likely N-dealkylation sites (tertiary alicyclic amines) is 1. The number of hydrogen-bond acceptors (Lipinski definition) is 3. The van der Waals surface area contributed by atoms with Crippen molar-refractivity contribution in [3.8, 4) is 0 Å². The molecule has 1 amide bonds. The Labute approximate surface area is 147 Å². The molecule has 5 heteroatoms. The van der Waals surface area contributed by atoms with Gasteiger partial charge in [0.1, 0.15) is 11.2 Å². The molecule has 1 aliphatic heterocycles. The molecule has 2 heterocycles. The second kappa shape index (κ2) is 7.62. The lowest BCUT2D eigenvalue weighted by molar-refractivity contribution is 0.0678. The first-order valence-corrected chi connectivity index (χ1v) is 8.72. The van der Waals surface area contributed by atoms with Gasteiger partial charge in [-0.15, -0.1) is 0 Å². The van der Waals surface area contributed by atoms with Gasteiger partial charge < -0.3 is 14.6 Å². The number of amides is 1. The highest BCUT2D eigenvalue weighted by molar-refractivity contribution is 7.71. The Morgan fingerprint density at radius 3 is 2.88 bits per heavy atom. The van der Waals surface area contributed by atoms with Crippen LogP contribution in [0.15, 0.2) is 42.6 Å². The van der Waals surface area contributed by atoms with E-state index in [0.717, 1.165) is 47.1 Å². The van der Waals surface area contributed by atoms with E-state index in [9.17, 15) is 4.79 Å². The van der Waals surface area contributed by atoms with Crippen LogP contribution in [0.2, 0.25) is 0 Å². The number of rotatable bonds is 3. The maximum Gasteiger partial charge on any atom is 0.410 e. The minimum atomic E-state index is -0.247. The van der Waals surface area contributed by atoms with Gasteiger partial charge in [-0.25, -0.2) is 4.79 Å². The Morgan fingerprint density at radius 1 is 1.33 bits per heavy atom. The molecule has 0 radical (unpaired) electrons. The lowest BCUT2D eigenvalue weighted by Crippen LogP contribution is -2.38. The van der Waals surface area contributed by atoms with Crippen molar-refractivity contribution < 1.29 is 9.53 Å². The Balaban J connectivity index is 1.72. The van der Waals surface area contributed by atoms with E-state index in [1.165, 1.54) is 0 Å². The molecular weight excluding hydrogens is 320 g/mol. The number of piperidine rings is 1. The predicted octanol–water partition coefficient (Wildman–Crippen LogP) is 4.92. The monoisotopic (exact) mass is 342 g/mol. The summed E-state index contributed by atoms with van der Waals surface area (Å²) in [6.07, 6.45) is 4.75. The number of H-pyrrole nitrogens is 1. The molecule has 4 nitrogen and oxygen atoms in total. The van der Waals surface area contributed by atoms with E-state index in [4.69, 9.17) is 17.0 Å². The van der Waals surface area contributed by atoms with Crippen LogP contribution in [0.4, 0.5) is 4.79 Å². The van der Waals surface area contributed by atoms with Gasteiger partial charge in [-0.3, -0.25) is 0 Å². The smallest absolute Gasteiger partial charge is 0.410 e. The van der Waals surface area contributed by atoms with Crippen LogP contribution < -0.4 is 0 Å². The molecule has 126 valence electrons. The van der Waals surface area contributed by atoms with Crippen LogP contribution in [0.3, 0.4) is 0 Å². The average molecular weight is 342 g/mol. The van der Waals surface area contributed by atoms with Crippen LogP contribution in [-0.2, 0) is 11.3 Å². The van der Waals surface area contributed by atoms with E-state index in [-0.39, 0.29) is 12.1 Å². The van der Waals surface area contributed by atoms with Crippen molar-refractivity contribution in [2.24, 2.45) is 0 Å².